The summed E-state index contributed by atoms with van der Waals surface area (Å²) in [6.45, 7) is 4.16. The third kappa shape index (κ3) is 4.52. The van der Waals surface area contributed by atoms with E-state index in [1.54, 1.807) is 12.1 Å². The van der Waals surface area contributed by atoms with Gasteiger partial charge < -0.3 is 19.7 Å². The Morgan fingerprint density at radius 2 is 1.97 bits per heavy atom. The Morgan fingerprint density at radius 1 is 1.25 bits per heavy atom. The minimum absolute atomic E-state index is 0.195. The highest BCUT2D eigenvalue weighted by molar-refractivity contribution is 6.08. The number of amides is 4. The van der Waals surface area contributed by atoms with Crippen molar-refractivity contribution < 1.29 is 28.7 Å². The number of anilines is 1. The molecule has 4 rings (SSSR count). The van der Waals surface area contributed by atoms with Gasteiger partial charge in [0.2, 0.25) is 0 Å². The molecule has 1 aromatic heterocycles. The molecule has 1 aliphatic carbocycles. The number of nitrogens with one attached hydrogen (secondary N) is 2. The van der Waals surface area contributed by atoms with Crippen LogP contribution in [0.4, 0.5) is 10.6 Å². The van der Waals surface area contributed by atoms with Gasteiger partial charge in [0, 0.05) is 19.3 Å². The van der Waals surface area contributed by atoms with Crippen molar-refractivity contribution in [3.63, 3.8) is 0 Å². The Labute approximate surface area is 185 Å². The number of morpholine rings is 1. The van der Waals surface area contributed by atoms with Crippen LogP contribution in [-0.2, 0) is 19.1 Å². The molecule has 0 radical (unpaired) electrons. The van der Waals surface area contributed by atoms with Crippen molar-refractivity contribution >= 4 is 29.6 Å². The maximum absolute atomic E-state index is 12.8. The van der Waals surface area contributed by atoms with E-state index in [1.807, 2.05) is 4.90 Å². The van der Waals surface area contributed by atoms with Crippen LogP contribution in [0, 0.1) is 5.92 Å². The SMILES string of the molecule is CC1CCC2(CC1)NC(=O)N(NC(=O)COC(=O)c1ccc(N3CCOCC3)nc1)C2=O. The summed E-state index contributed by atoms with van der Waals surface area (Å²) in [5.74, 6) is -0.757. The van der Waals surface area contributed by atoms with Crippen LogP contribution in [0.1, 0.15) is 43.0 Å². The van der Waals surface area contributed by atoms with Crippen molar-refractivity contribution in [2.45, 2.75) is 38.1 Å². The second-order valence-corrected chi connectivity index (χ2v) is 8.45. The summed E-state index contributed by atoms with van der Waals surface area (Å²) >= 11 is 0. The monoisotopic (exact) mass is 445 g/mol. The fraction of sp³-hybridized carbons (Fsp3) is 0.571. The van der Waals surface area contributed by atoms with Gasteiger partial charge in [-0.1, -0.05) is 6.92 Å². The fourth-order valence-corrected chi connectivity index (χ4v) is 4.17. The number of imide groups is 1. The van der Waals surface area contributed by atoms with Crippen molar-refractivity contribution in [1.29, 1.82) is 0 Å². The van der Waals surface area contributed by atoms with Gasteiger partial charge >= 0.3 is 12.0 Å². The Bertz CT molecular complexity index is 890. The van der Waals surface area contributed by atoms with Gasteiger partial charge in [-0.3, -0.25) is 15.0 Å². The van der Waals surface area contributed by atoms with E-state index in [0.29, 0.717) is 37.0 Å². The molecular weight excluding hydrogens is 418 g/mol. The molecule has 11 heteroatoms. The number of pyridine rings is 1. The average Bonchev–Trinajstić information content (AvgIpc) is 3.04. The number of esters is 1. The summed E-state index contributed by atoms with van der Waals surface area (Å²) in [7, 11) is 0. The summed E-state index contributed by atoms with van der Waals surface area (Å²) in [5.41, 5.74) is 1.48. The molecule has 2 saturated heterocycles. The van der Waals surface area contributed by atoms with Gasteiger partial charge in [-0.2, -0.15) is 5.01 Å². The van der Waals surface area contributed by atoms with Crippen LogP contribution in [0.2, 0.25) is 0 Å². The third-order valence-electron chi connectivity index (χ3n) is 6.18. The van der Waals surface area contributed by atoms with Gasteiger partial charge in [-0.15, -0.1) is 0 Å². The number of aromatic nitrogens is 1. The molecule has 3 fully saturated rings. The van der Waals surface area contributed by atoms with Crippen LogP contribution >= 0.6 is 0 Å². The Kier molecular flexibility index (Phi) is 6.26. The standard InChI is InChI=1S/C21H27N5O6/c1-14-4-6-21(7-5-14)19(29)26(20(30)23-21)24-17(27)13-32-18(28)15-2-3-16(22-12-15)25-8-10-31-11-9-25/h2-3,12,14H,4-11,13H2,1H3,(H,23,30)(H,24,27). The lowest BCUT2D eigenvalue weighted by molar-refractivity contribution is -0.141. The molecule has 1 spiro atoms. The van der Waals surface area contributed by atoms with E-state index in [-0.39, 0.29) is 5.56 Å². The first-order valence-electron chi connectivity index (χ1n) is 10.8. The molecule has 1 aromatic rings. The normalized spacial score (nSPS) is 25.6. The molecule has 1 saturated carbocycles. The van der Waals surface area contributed by atoms with Gasteiger partial charge in [0.25, 0.3) is 11.8 Å². The average molecular weight is 445 g/mol. The fourth-order valence-electron chi connectivity index (χ4n) is 4.17. The summed E-state index contributed by atoms with van der Waals surface area (Å²) in [6.07, 6.45) is 4.10. The highest BCUT2D eigenvalue weighted by Gasteiger charge is 2.52. The van der Waals surface area contributed by atoms with Crippen molar-refractivity contribution in [3.8, 4) is 0 Å². The molecule has 0 atom stereocenters. The number of nitrogens with zero attached hydrogens (tertiary/aromatic N) is 3. The quantitative estimate of drug-likeness (QED) is 0.498. The molecule has 3 aliphatic rings. The molecule has 32 heavy (non-hydrogen) atoms. The number of carbonyl (C=O) groups excluding carboxylic acids is 4. The molecule has 11 nitrogen and oxygen atoms in total. The zero-order valence-corrected chi connectivity index (χ0v) is 18.0. The third-order valence-corrected chi connectivity index (χ3v) is 6.18. The second-order valence-electron chi connectivity index (χ2n) is 8.45. The lowest BCUT2D eigenvalue weighted by atomic mass is 9.77. The highest BCUT2D eigenvalue weighted by atomic mass is 16.5. The topological polar surface area (TPSA) is 130 Å². The van der Waals surface area contributed by atoms with Crippen LogP contribution in [0.3, 0.4) is 0 Å². The van der Waals surface area contributed by atoms with Gasteiger partial charge in [0.15, 0.2) is 6.61 Å². The lowest BCUT2D eigenvalue weighted by Crippen LogP contribution is -2.52. The summed E-state index contributed by atoms with van der Waals surface area (Å²) in [5, 5.41) is 3.40. The van der Waals surface area contributed by atoms with E-state index >= 15 is 0 Å². The van der Waals surface area contributed by atoms with Gasteiger partial charge in [-0.05, 0) is 43.7 Å². The van der Waals surface area contributed by atoms with E-state index in [9.17, 15) is 19.2 Å². The number of hydrogen-bond donors (Lipinski definition) is 2. The van der Waals surface area contributed by atoms with Crippen molar-refractivity contribution in [3.05, 3.63) is 23.9 Å². The molecule has 0 bridgehead atoms. The molecule has 0 unspecified atom stereocenters. The molecule has 0 aromatic carbocycles. The van der Waals surface area contributed by atoms with E-state index in [4.69, 9.17) is 9.47 Å². The maximum atomic E-state index is 12.8. The zero-order chi connectivity index (χ0) is 22.7. The Hall–Kier alpha value is -3.21. The van der Waals surface area contributed by atoms with Gasteiger partial charge in [0.05, 0.1) is 18.8 Å². The van der Waals surface area contributed by atoms with Crippen molar-refractivity contribution in [2.24, 2.45) is 5.92 Å². The van der Waals surface area contributed by atoms with E-state index < -0.39 is 36.0 Å². The minimum atomic E-state index is -0.957. The number of rotatable bonds is 5. The molecule has 2 aliphatic heterocycles. The van der Waals surface area contributed by atoms with Gasteiger partial charge in [0.1, 0.15) is 11.4 Å². The smallest absolute Gasteiger partial charge is 0.344 e. The van der Waals surface area contributed by atoms with Crippen LogP contribution in [0.5, 0.6) is 0 Å². The number of hydrogen-bond acceptors (Lipinski definition) is 8. The first-order valence-corrected chi connectivity index (χ1v) is 10.8. The lowest BCUT2D eigenvalue weighted by Gasteiger charge is -2.33. The van der Waals surface area contributed by atoms with E-state index in [2.05, 4.69) is 22.7 Å². The first kappa shape index (κ1) is 22.0. The van der Waals surface area contributed by atoms with Crippen molar-refractivity contribution in [2.75, 3.05) is 37.8 Å². The van der Waals surface area contributed by atoms with Crippen LogP contribution in [0.25, 0.3) is 0 Å². The van der Waals surface area contributed by atoms with Crippen molar-refractivity contribution in [1.82, 2.24) is 20.7 Å². The minimum Gasteiger partial charge on any atom is -0.452 e. The number of hydrazine groups is 1. The van der Waals surface area contributed by atoms with Crippen LogP contribution in [-0.4, -0.2) is 72.3 Å². The highest BCUT2D eigenvalue weighted by Crippen LogP contribution is 2.35. The van der Waals surface area contributed by atoms with E-state index in [1.165, 1.54) is 6.20 Å². The first-order chi connectivity index (χ1) is 15.4. The molecule has 4 amide bonds. The Morgan fingerprint density at radius 3 is 2.62 bits per heavy atom. The van der Waals surface area contributed by atoms with Crippen LogP contribution < -0.4 is 15.6 Å². The molecule has 172 valence electrons. The zero-order valence-electron chi connectivity index (χ0n) is 18.0. The van der Waals surface area contributed by atoms with E-state index in [0.717, 1.165) is 31.7 Å². The largest absolute Gasteiger partial charge is 0.452 e. The maximum Gasteiger partial charge on any atom is 0.344 e. The molecular formula is C21H27N5O6. The number of urea groups is 1. The summed E-state index contributed by atoms with van der Waals surface area (Å²) in [6, 6.07) is 2.61. The Balaban J connectivity index is 1.28. The second kappa shape index (κ2) is 9.11. The molecule has 2 N–H and O–H groups in total. The summed E-state index contributed by atoms with van der Waals surface area (Å²) < 4.78 is 10.3. The van der Waals surface area contributed by atoms with Gasteiger partial charge in [-0.25, -0.2) is 14.6 Å². The predicted octanol–water partition coefficient (Wildman–Crippen LogP) is 0.607. The predicted molar refractivity (Wildman–Crippen MR) is 111 cm³/mol. The molecule has 3 heterocycles. The summed E-state index contributed by atoms with van der Waals surface area (Å²) in [4.78, 5) is 55.8. The number of ether oxygens (including phenoxy) is 2. The van der Waals surface area contributed by atoms with Crippen LogP contribution in [0.15, 0.2) is 18.3 Å². The number of carbonyl (C=O) groups is 4.